The third-order valence-electron chi connectivity index (χ3n) is 6.04. The smallest absolute Gasteiger partial charge is 0.335 e. The van der Waals surface area contributed by atoms with Gasteiger partial charge in [-0.05, 0) is 24.3 Å². The Kier molecular flexibility index (Phi) is 7.16. The Balaban J connectivity index is 1.79. The van der Waals surface area contributed by atoms with Gasteiger partial charge in [0.1, 0.15) is 35.6 Å². The molecular formula is C23H20F3NO10S. The van der Waals surface area contributed by atoms with Gasteiger partial charge in [0.25, 0.3) is 5.92 Å². The molecule has 11 nitrogen and oxygen atoms in total. The maximum absolute atomic E-state index is 15.3. The number of carboxylic acid groups (broad SMARTS) is 1. The number of aliphatic hydroxyl groups is 3. The lowest BCUT2D eigenvalue weighted by Gasteiger charge is -2.40. The molecule has 4 rings (SSSR count). The minimum atomic E-state index is -4.18. The molecule has 0 saturated carbocycles. The van der Waals surface area contributed by atoms with E-state index in [-0.39, 0.29) is 22.6 Å². The first-order valence-electron chi connectivity index (χ1n) is 10.8. The fourth-order valence-electron chi connectivity index (χ4n) is 4.33. The maximum Gasteiger partial charge on any atom is 0.335 e. The molecular weight excluding hydrogens is 539 g/mol. The third-order valence-corrected chi connectivity index (χ3v) is 7.20. The molecule has 2 aliphatic rings. The summed E-state index contributed by atoms with van der Waals surface area (Å²) < 4.78 is 85.2. The number of hydrogen-bond donors (Lipinski definition) is 4. The van der Waals surface area contributed by atoms with Gasteiger partial charge in [0, 0.05) is 29.9 Å². The number of ether oxygens (including phenoxy) is 3. The summed E-state index contributed by atoms with van der Waals surface area (Å²) in [5, 5.41) is 48.3. The zero-order valence-electron chi connectivity index (χ0n) is 19.3. The van der Waals surface area contributed by atoms with Gasteiger partial charge in [0.05, 0.1) is 16.5 Å². The standard InChI is InChI=1S/C23H20F3NO10S/c1-38(33,34)14-3-2-13(35-11-5-9(8-27)4-10(24)6-11)12-7-23(25,26)20(15(12)14)37-22-18(30)16(28)17(29)19(36-22)21(31)32/h2-6,16-20,22,28-30H,7H2,1H3,(H,31,32)/t16-,17-,18+,19-,20-,22-/m0/s1. The van der Waals surface area contributed by atoms with Crippen molar-refractivity contribution in [1.29, 1.82) is 5.26 Å². The Morgan fingerprint density at radius 1 is 1.16 bits per heavy atom. The summed E-state index contributed by atoms with van der Waals surface area (Å²) in [6.07, 6.45) is -13.7. The van der Waals surface area contributed by atoms with Crippen molar-refractivity contribution in [3.05, 3.63) is 52.8 Å². The molecule has 0 unspecified atom stereocenters. The van der Waals surface area contributed by atoms with Crippen LogP contribution in [0, 0.1) is 17.1 Å². The van der Waals surface area contributed by atoms with Gasteiger partial charge in [-0.15, -0.1) is 0 Å². The Morgan fingerprint density at radius 3 is 2.45 bits per heavy atom. The summed E-state index contributed by atoms with van der Waals surface area (Å²) in [5.74, 6) is -7.06. The molecule has 1 saturated heterocycles. The van der Waals surface area contributed by atoms with Crippen molar-refractivity contribution in [1.82, 2.24) is 0 Å². The number of aliphatic carboxylic acids is 1. The number of aliphatic hydroxyl groups excluding tert-OH is 3. The third kappa shape index (κ3) is 5.06. The van der Waals surface area contributed by atoms with E-state index in [4.69, 9.17) is 19.5 Å². The molecule has 0 amide bonds. The van der Waals surface area contributed by atoms with Crippen molar-refractivity contribution in [2.75, 3.05) is 6.26 Å². The molecule has 4 N–H and O–H groups in total. The lowest BCUT2D eigenvalue weighted by atomic mass is 9.99. The average molecular weight is 559 g/mol. The average Bonchev–Trinajstić information content (AvgIpc) is 3.08. The minimum Gasteiger partial charge on any atom is -0.479 e. The van der Waals surface area contributed by atoms with E-state index in [1.807, 2.05) is 0 Å². The van der Waals surface area contributed by atoms with Crippen LogP contribution in [0.4, 0.5) is 13.2 Å². The number of carboxylic acids is 1. The van der Waals surface area contributed by atoms with E-state index < -0.39 is 81.2 Å². The first-order valence-corrected chi connectivity index (χ1v) is 12.7. The van der Waals surface area contributed by atoms with E-state index >= 15 is 8.78 Å². The monoisotopic (exact) mass is 559 g/mol. The van der Waals surface area contributed by atoms with E-state index in [1.165, 1.54) is 0 Å². The predicted molar refractivity (Wildman–Crippen MR) is 118 cm³/mol. The van der Waals surface area contributed by atoms with Crippen molar-refractivity contribution in [2.24, 2.45) is 0 Å². The van der Waals surface area contributed by atoms with Crippen LogP contribution >= 0.6 is 0 Å². The van der Waals surface area contributed by atoms with Crippen LogP contribution in [0.2, 0.25) is 0 Å². The second kappa shape index (κ2) is 9.80. The highest BCUT2D eigenvalue weighted by Gasteiger charge is 2.56. The fraction of sp³-hybridized carbons (Fsp3) is 0.391. The molecule has 0 bridgehead atoms. The Labute approximate surface area is 213 Å². The van der Waals surface area contributed by atoms with Crippen LogP contribution in [0.25, 0.3) is 0 Å². The molecule has 1 aliphatic carbocycles. The molecule has 1 aliphatic heterocycles. The SMILES string of the molecule is CS(=O)(=O)c1ccc(Oc2cc(F)cc(C#N)c2)c2c1[C@H](O[C@@H]1O[C@H](C(=O)O)[C@@H](O)[C@H](O)[C@H]1O)C(F)(F)C2. The Morgan fingerprint density at radius 2 is 1.84 bits per heavy atom. The number of nitrogens with zero attached hydrogens (tertiary/aromatic N) is 1. The lowest BCUT2D eigenvalue weighted by molar-refractivity contribution is -0.320. The van der Waals surface area contributed by atoms with Gasteiger partial charge in [0.15, 0.2) is 28.3 Å². The van der Waals surface area contributed by atoms with Gasteiger partial charge in [-0.2, -0.15) is 5.26 Å². The van der Waals surface area contributed by atoms with E-state index in [2.05, 4.69) is 0 Å². The number of sulfone groups is 1. The highest BCUT2D eigenvalue weighted by molar-refractivity contribution is 7.90. The lowest BCUT2D eigenvalue weighted by Crippen LogP contribution is -2.60. The van der Waals surface area contributed by atoms with Crippen molar-refractivity contribution in [3.8, 4) is 17.6 Å². The fourth-order valence-corrected chi connectivity index (χ4v) is 5.28. The summed E-state index contributed by atoms with van der Waals surface area (Å²) in [7, 11) is -4.18. The quantitative estimate of drug-likeness (QED) is 0.397. The second-order valence-corrected chi connectivity index (χ2v) is 10.8. The van der Waals surface area contributed by atoms with Crippen molar-refractivity contribution in [2.45, 2.75) is 54.0 Å². The van der Waals surface area contributed by atoms with Crippen LogP contribution in [-0.4, -0.2) is 77.7 Å². The van der Waals surface area contributed by atoms with Crippen LogP contribution < -0.4 is 4.74 Å². The summed E-state index contributed by atoms with van der Waals surface area (Å²) in [4.78, 5) is 10.8. The van der Waals surface area contributed by atoms with E-state index in [1.54, 1.807) is 6.07 Å². The molecule has 1 fully saturated rings. The highest BCUT2D eigenvalue weighted by Crippen LogP contribution is 2.52. The number of benzene rings is 2. The second-order valence-electron chi connectivity index (χ2n) is 8.80. The van der Waals surface area contributed by atoms with Gasteiger partial charge in [-0.25, -0.2) is 26.4 Å². The molecule has 1 heterocycles. The number of hydrogen-bond acceptors (Lipinski definition) is 10. The molecule has 0 aromatic heterocycles. The summed E-state index contributed by atoms with van der Waals surface area (Å²) in [5.41, 5.74) is -1.07. The van der Waals surface area contributed by atoms with Crippen LogP contribution in [-0.2, 0) is 30.5 Å². The highest BCUT2D eigenvalue weighted by atomic mass is 32.2. The van der Waals surface area contributed by atoms with Gasteiger partial charge in [-0.3, -0.25) is 0 Å². The summed E-state index contributed by atoms with van der Waals surface area (Å²) in [6, 6.07) is 6.64. The van der Waals surface area contributed by atoms with Gasteiger partial charge >= 0.3 is 5.97 Å². The normalized spacial score (nSPS) is 28.4. The number of alkyl halides is 2. The number of carbonyl (C=O) groups is 1. The maximum atomic E-state index is 15.3. The molecule has 15 heteroatoms. The zero-order chi connectivity index (χ0) is 28.2. The topological polar surface area (TPSA) is 184 Å². The van der Waals surface area contributed by atoms with E-state index in [0.29, 0.717) is 0 Å². The largest absolute Gasteiger partial charge is 0.479 e. The van der Waals surface area contributed by atoms with Crippen molar-refractivity contribution in [3.63, 3.8) is 0 Å². The number of rotatable bonds is 6. The van der Waals surface area contributed by atoms with Gasteiger partial charge < -0.3 is 34.6 Å². The van der Waals surface area contributed by atoms with Crippen LogP contribution in [0.3, 0.4) is 0 Å². The number of halogens is 3. The van der Waals surface area contributed by atoms with Crippen molar-refractivity contribution < 1.29 is 61.0 Å². The van der Waals surface area contributed by atoms with Crippen LogP contribution in [0.5, 0.6) is 11.5 Å². The Hall–Kier alpha value is -3.26. The minimum absolute atomic E-state index is 0.131. The van der Waals surface area contributed by atoms with Gasteiger partial charge in [-0.1, -0.05) is 0 Å². The first-order chi connectivity index (χ1) is 17.6. The predicted octanol–water partition coefficient (Wildman–Crippen LogP) is 1.03. The van der Waals surface area contributed by atoms with Crippen LogP contribution in [0.15, 0.2) is 35.2 Å². The summed E-state index contributed by atoms with van der Waals surface area (Å²) >= 11 is 0. The van der Waals surface area contributed by atoms with E-state index in [9.17, 15) is 38.0 Å². The van der Waals surface area contributed by atoms with Gasteiger partial charge in [0.2, 0.25) is 0 Å². The molecule has 0 radical (unpaired) electrons. The molecule has 2 aromatic rings. The molecule has 38 heavy (non-hydrogen) atoms. The summed E-state index contributed by atoms with van der Waals surface area (Å²) in [6.45, 7) is 0. The van der Waals surface area contributed by atoms with Crippen LogP contribution in [0.1, 0.15) is 22.8 Å². The first kappa shape index (κ1) is 27.8. The Bertz CT molecular complexity index is 1430. The number of nitriles is 1. The number of fused-ring (bicyclic) bond motifs is 1. The van der Waals surface area contributed by atoms with Crippen molar-refractivity contribution >= 4 is 15.8 Å². The molecule has 6 atom stereocenters. The van der Waals surface area contributed by atoms with E-state index in [0.717, 1.165) is 36.6 Å². The molecule has 0 spiro atoms. The molecule has 204 valence electrons. The zero-order valence-corrected chi connectivity index (χ0v) is 20.1. The molecule has 2 aromatic carbocycles.